The minimum Gasteiger partial charge on any atom is -0.445 e. The normalized spacial score (nSPS) is 21.5. The fraction of sp³-hybridized carbons (Fsp3) is 0.500. The molecule has 1 fully saturated rings. The summed E-state index contributed by atoms with van der Waals surface area (Å²) in [5.41, 5.74) is 6.27. The molecule has 1 aromatic carbocycles. The lowest BCUT2D eigenvalue weighted by Crippen LogP contribution is -2.34. The standard InChI is InChI=1S/C16H22N2O3/c17-15(19)14-8-6-12(7-9-14)10-18-16(20)21-11-13-4-2-1-3-5-13/h1-5,12,14H,6-11H2,(H2,17,19)(H,18,20). The molecule has 1 aliphatic carbocycles. The summed E-state index contributed by atoms with van der Waals surface area (Å²) in [6, 6.07) is 9.57. The van der Waals surface area contributed by atoms with Gasteiger partial charge in [0.1, 0.15) is 6.61 Å². The number of nitrogens with one attached hydrogen (secondary N) is 1. The summed E-state index contributed by atoms with van der Waals surface area (Å²) < 4.78 is 5.15. The number of primary amides is 1. The van der Waals surface area contributed by atoms with Gasteiger partial charge in [-0.2, -0.15) is 0 Å². The summed E-state index contributed by atoms with van der Waals surface area (Å²) >= 11 is 0. The Balaban J connectivity index is 1.62. The Morgan fingerprint density at radius 3 is 2.43 bits per heavy atom. The first-order valence-electron chi connectivity index (χ1n) is 7.39. The topological polar surface area (TPSA) is 81.4 Å². The molecule has 5 nitrogen and oxygen atoms in total. The number of rotatable bonds is 5. The van der Waals surface area contributed by atoms with Gasteiger partial charge in [-0.15, -0.1) is 0 Å². The lowest BCUT2D eigenvalue weighted by molar-refractivity contribution is -0.122. The fourth-order valence-corrected chi connectivity index (χ4v) is 2.65. The second-order valence-electron chi connectivity index (χ2n) is 5.56. The summed E-state index contributed by atoms with van der Waals surface area (Å²) in [6.07, 6.45) is 3.09. The van der Waals surface area contributed by atoms with Crippen LogP contribution in [0.3, 0.4) is 0 Å². The molecule has 114 valence electrons. The van der Waals surface area contributed by atoms with E-state index >= 15 is 0 Å². The van der Waals surface area contributed by atoms with Crippen molar-refractivity contribution < 1.29 is 14.3 Å². The highest BCUT2D eigenvalue weighted by Crippen LogP contribution is 2.27. The SMILES string of the molecule is NC(=O)C1CCC(CNC(=O)OCc2ccccc2)CC1. The maximum Gasteiger partial charge on any atom is 0.407 e. The van der Waals surface area contributed by atoms with Gasteiger partial charge in [0.05, 0.1) is 0 Å². The number of nitrogens with two attached hydrogens (primary N) is 1. The Morgan fingerprint density at radius 1 is 1.14 bits per heavy atom. The van der Waals surface area contributed by atoms with Gasteiger partial charge in [-0.3, -0.25) is 4.79 Å². The number of benzene rings is 1. The van der Waals surface area contributed by atoms with Gasteiger partial charge in [0.15, 0.2) is 0 Å². The van der Waals surface area contributed by atoms with Crippen LogP contribution in [0, 0.1) is 11.8 Å². The Bertz CT molecular complexity index is 468. The van der Waals surface area contributed by atoms with Crippen molar-refractivity contribution in [2.45, 2.75) is 32.3 Å². The van der Waals surface area contributed by atoms with Crippen molar-refractivity contribution in [3.8, 4) is 0 Å². The number of amides is 2. The molecule has 1 aliphatic rings. The molecule has 0 spiro atoms. The van der Waals surface area contributed by atoms with Crippen molar-refractivity contribution >= 4 is 12.0 Å². The molecule has 3 N–H and O–H groups in total. The average molecular weight is 290 g/mol. The van der Waals surface area contributed by atoms with Crippen LogP contribution in [0.1, 0.15) is 31.2 Å². The zero-order valence-electron chi connectivity index (χ0n) is 12.1. The third kappa shape index (κ3) is 5.10. The molecule has 1 saturated carbocycles. The summed E-state index contributed by atoms with van der Waals surface area (Å²) in [7, 11) is 0. The van der Waals surface area contributed by atoms with E-state index in [2.05, 4.69) is 5.32 Å². The fourth-order valence-electron chi connectivity index (χ4n) is 2.65. The van der Waals surface area contributed by atoms with Crippen molar-refractivity contribution in [1.29, 1.82) is 0 Å². The predicted molar refractivity (Wildman–Crippen MR) is 79.3 cm³/mol. The maximum absolute atomic E-state index is 11.6. The van der Waals surface area contributed by atoms with Crippen molar-refractivity contribution in [2.24, 2.45) is 17.6 Å². The van der Waals surface area contributed by atoms with E-state index in [0.29, 0.717) is 12.5 Å². The quantitative estimate of drug-likeness (QED) is 0.872. The van der Waals surface area contributed by atoms with Crippen molar-refractivity contribution in [2.75, 3.05) is 6.54 Å². The van der Waals surface area contributed by atoms with Gasteiger partial charge in [-0.05, 0) is 37.2 Å². The summed E-state index contributed by atoms with van der Waals surface area (Å²) in [4.78, 5) is 22.7. The number of ether oxygens (including phenoxy) is 1. The van der Waals surface area contributed by atoms with Crippen LogP contribution < -0.4 is 11.1 Å². The van der Waals surface area contributed by atoms with Crippen molar-refractivity contribution in [1.82, 2.24) is 5.32 Å². The molecule has 2 rings (SSSR count). The van der Waals surface area contributed by atoms with Gasteiger partial charge < -0.3 is 15.8 Å². The van der Waals surface area contributed by atoms with E-state index in [1.165, 1.54) is 0 Å². The van der Waals surface area contributed by atoms with E-state index in [1.807, 2.05) is 30.3 Å². The van der Waals surface area contributed by atoms with Gasteiger partial charge in [-0.25, -0.2) is 4.79 Å². The molecule has 2 amide bonds. The summed E-state index contributed by atoms with van der Waals surface area (Å²) in [5, 5.41) is 2.79. The molecular weight excluding hydrogens is 268 g/mol. The van der Waals surface area contributed by atoms with E-state index in [9.17, 15) is 9.59 Å². The highest BCUT2D eigenvalue weighted by Gasteiger charge is 2.24. The van der Waals surface area contributed by atoms with Crippen LogP contribution in [0.15, 0.2) is 30.3 Å². The van der Waals surface area contributed by atoms with Crippen molar-refractivity contribution in [3.05, 3.63) is 35.9 Å². The van der Waals surface area contributed by atoms with E-state index < -0.39 is 6.09 Å². The van der Waals surface area contributed by atoms with Crippen LogP contribution >= 0.6 is 0 Å². The summed E-state index contributed by atoms with van der Waals surface area (Å²) in [6.45, 7) is 0.875. The van der Waals surface area contributed by atoms with Gasteiger partial charge in [-0.1, -0.05) is 30.3 Å². The Hall–Kier alpha value is -2.04. The zero-order valence-corrected chi connectivity index (χ0v) is 12.1. The zero-order chi connectivity index (χ0) is 15.1. The Labute approximate surface area is 124 Å². The Kier molecular flexibility index (Phi) is 5.60. The first kappa shape index (κ1) is 15.4. The van der Waals surface area contributed by atoms with Crippen LogP contribution in [0.25, 0.3) is 0 Å². The molecule has 21 heavy (non-hydrogen) atoms. The molecule has 0 aromatic heterocycles. The lowest BCUT2D eigenvalue weighted by atomic mass is 9.82. The third-order valence-corrected chi connectivity index (χ3v) is 4.00. The maximum atomic E-state index is 11.6. The Morgan fingerprint density at radius 2 is 1.81 bits per heavy atom. The molecular formula is C16H22N2O3. The number of hydrogen-bond acceptors (Lipinski definition) is 3. The van der Waals surface area contributed by atoms with Crippen LogP contribution in [0.4, 0.5) is 4.79 Å². The second-order valence-corrected chi connectivity index (χ2v) is 5.56. The first-order valence-corrected chi connectivity index (χ1v) is 7.39. The molecule has 0 radical (unpaired) electrons. The van der Waals surface area contributed by atoms with Crippen LogP contribution in [-0.4, -0.2) is 18.5 Å². The highest BCUT2D eigenvalue weighted by atomic mass is 16.5. The smallest absolute Gasteiger partial charge is 0.407 e. The van der Waals surface area contributed by atoms with E-state index in [0.717, 1.165) is 31.2 Å². The minimum absolute atomic E-state index is 0.00582. The summed E-state index contributed by atoms with van der Waals surface area (Å²) in [5.74, 6) is 0.208. The molecule has 0 saturated heterocycles. The monoisotopic (exact) mass is 290 g/mol. The van der Waals surface area contributed by atoms with E-state index in [4.69, 9.17) is 10.5 Å². The van der Waals surface area contributed by atoms with E-state index in [-0.39, 0.29) is 18.4 Å². The molecule has 0 atom stereocenters. The number of carbonyl (C=O) groups excluding carboxylic acids is 2. The van der Waals surface area contributed by atoms with Crippen LogP contribution in [0.2, 0.25) is 0 Å². The minimum atomic E-state index is -0.393. The second kappa shape index (κ2) is 7.67. The van der Waals surface area contributed by atoms with Gasteiger partial charge in [0, 0.05) is 12.5 Å². The third-order valence-electron chi connectivity index (χ3n) is 4.00. The molecule has 0 unspecified atom stereocenters. The van der Waals surface area contributed by atoms with Crippen LogP contribution in [0.5, 0.6) is 0 Å². The number of carbonyl (C=O) groups is 2. The largest absolute Gasteiger partial charge is 0.445 e. The van der Waals surface area contributed by atoms with Crippen LogP contribution in [-0.2, 0) is 16.1 Å². The molecule has 0 aliphatic heterocycles. The first-order chi connectivity index (χ1) is 10.1. The molecule has 1 aromatic rings. The van der Waals surface area contributed by atoms with Gasteiger partial charge >= 0.3 is 6.09 Å². The highest BCUT2D eigenvalue weighted by molar-refractivity contribution is 5.76. The van der Waals surface area contributed by atoms with E-state index in [1.54, 1.807) is 0 Å². The van der Waals surface area contributed by atoms with Gasteiger partial charge in [0.2, 0.25) is 5.91 Å². The number of alkyl carbamates (subject to hydrolysis) is 1. The molecule has 5 heteroatoms. The van der Waals surface area contributed by atoms with Crippen molar-refractivity contribution in [3.63, 3.8) is 0 Å². The molecule has 0 bridgehead atoms. The van der Waals surface area contributed by atoms with Gasteiger partial charge in [0.25, 0.3) is 0 Å². The predicted octanol–water partition coefficient (Wildman–Crippen LogP) is 2.20. The number of hydrogen-bond donors (Lipinski definition) is 2. The average Bonchev–Trinajstić information content (AvgIpc) is 2.52. The molecule has 0 heterocycles. The lowest BCUT2D eigenvalue weighted by Gasteiger charge is -2.26.